The number of carbonyl (C=O) groups excluding carboxylic acids is 1. The van der Waals surface area contributed by atoms with Crippen molar-refractivity contribution < 1.29 is 4.79 Å². The van der Waals surface area contributed by atoms with Crippen molar-refractivity contribution in [1.82, 2.24) is 19.7 Å². The predicted molar refractivity (Wildman–Crippen MR) is 50.7 cm³/mol. The number of hydrogen-bond acceptors (Lipinski definition) is 3. The number of aromatic nitrogens is 3. The zero-order valence-electron chi connectivity index (χ0n) is 8.53. The van der Waals surface area contributed by atoms with Crippen LogP contribution in [0.5, 0.6) is 0 Å². The third-order valence-electron chi connectivity index (χ3n) is 2.66. The second-order valence-corrected chi connectivity index (χ2v) is 3.57. The quantitative estimate of drug-likeness (QED) is 0.583. The van der Waals surface area contributed by atoms with Crippen LogP contribution in [-0.4, -0.2) is 38.7 Å². The molecule has 5 heteroatoms. The number of nitrogens with zero attached hydrogens (tertiary/aromatic N) is 4. The van der Waals surface area contributed by atoms with Gasteiger partial charge in [-0.15, -0.1) is 10.2 Å². The first-order valence-corrected chi connectivity index (χ1v) is 4.82. The van der Waals surface area contributed by atoms with Crippen LogP contribution >= 0.6 is 0 Å². The molecule has 0 aromatic carbocycles. The van der Waals surface area contributed by atoms with Gasteiger partial charge in [0.25, 0.3) is 0 Å². The van der Waals surface area contributed by atoms with Crippen molar-refractivity contribution in [3.63, 3.8) is 0 Å². The van der Waals surface area contributed by atoms with E-state index < -0.39 is 0 Å². The molecule has 0 unspecified atom stereocenters. The first kappa shape index (κ1) is 9.18. The maximum absolute atomic E-state index is 11.2. The molecule has 0 radical (unpaired) electrons. The van der Waals surface area contributed by atoms with E-state index in [4.69, 9.17) is 0 Å². The van der Waals surface area contributed by atoms with Gasteiger partial charge in [0.15, 0.2) is 0 Å². The van der Waals surface area contributed by atoms with E-state index in [1.165, 1.54) is 0 Å². The smallest absolute Gasteiger partial charge is 0.219 e. The SMILES string of the molecule is CC(=O)N1CCc2nnc(C)n2CC1. The maximum atomic E-state index is 11.2. The van der Waals surface area contributed by atoms with E-state index in [9.17, 15) is 4.79 Å². The van der Waals surface area contributed by atoms with E-state index in [-0.39, 0.29) is 5.91 Å². The van der Waals surface area contributed by atoms with Gasteiger partial charge in [-0.3, -0.25) is 4.79 Å². The molecule has 0 saturated carbocycles. The Bertz CT molecular complexity index is 358. The number of fused-ring (bicyclic) bond motifs is 1. The zero-order valence-corrected chi connectivity index (χ0v) is 8.53. The normalized spacial score (nSPS) is 16.3. The fraction of sp³-hybridized carbons (Fsp3) is 0.667. The highest BCUT2D eigenvalue weighted by Gasteiger charge is 2.17. The van der Waals surface area contributed by atoms with E-state index in [2.05, 4.69) is 14.8 Å². The van der Waals surface area contributed by atoms with E-state index in [1.807, 2.05) is 11.8 Å². The number of hydrogen-bond donors (Lipinski definition) is 0. The summed E-state index contributed by atoms with van der Waals surface area (Å²) in [5.41, 5.74) is 0. The van der Waals surface area contributed by atoms with E-state index in [1.54, 1.807) is 6.92 Å². The van der Waals surface area contributed by atoms with Crippen LogP contribution in [0.3, 0.4) is 0 Å². The molecular weight excluding hydrogens is 180 g/mol. The highest BCUT2D eigenvalue weighted by molar-refractivity contribution is 5.73. The van der Waals surface area contributed by atoms with E-state index in [0.717, 1.165) is 37.7 Å². The summed E-state index contributed by atoms with van der Waals surface area (Å²) in [6, 6.07) is 0. The number of carbonyl (C=O) groups is 1. The van der Waals surface area contributed by atoms with Gasteiger partial charge in [-0.1, -0.05) is 0 Å². The Kier molecular flexibility index (Phi) is 2.23. The van der Waals surface area contributed by atoms with Gasteiger partial charge in [-0.2, -0.15) is 0 Å². The first-order valence-electron chi connectivity index (χ1n) is 4.82. The summed E-state index contributed by atoms with van der Waals surface area (Å²) >= 11 is 0. The Morgan fingerprint density at radius 2 is 2.07 bits per heavy atom. The van der Waals surface area contributed by atoms with Crippen LogP contribution in [0, 0.1) is 6.92 Å². The maximum Gasteiger partial charge on any atom is 0.219 e. The first-order chi connectivity index (χ1) is 6.68. The van der Waals surface area contributed by atoms with Crippen molar-refractivity contribution >= 4 is 5.91 Å². The van der Waals surface area contributed by atoms with Crippen molar-refractivity contribution in [2.45, 2.75) is 26.8 Å². The topological polar surface area (TPSA) is 51.0 Å². The van der Waals surface area contributed by atoms with Crippen molar-refractivity contribution in [3.05, 3.63) is 11.6 Å². The Labute approximate surface area is 82.7 Å². The summed E-state index contributed by atoms with van der Waals surface area (Å²) < 4.78 is 2.09. The molecule has 0 N–H and O–H groups in total. The lowest BCUT2D eigenvalue weighted by Crippen LogP contribution is -2.31. The van der Waals surface area contributed by atoms with Crippen LogP contribution in [0.25, 0.3) is 0 Å². The highest BCUT2D eigenvalue weighted by Crippen LogP contribution is 2.08. The molecule has 1 aliphatic rings. The minimum absolute atomic E-state index is 0.140. The molecule has 0 bridgehead atoms. The summed E-state index contributed by atoms with van der Waals surface area (Å²) in [7, 11) is 0. The third-order valence-corrected chi connectivity index (χ3v) is 2.66. The van der Waals surface area contributed by atoms with Crippen LogP contribution in [0.2, 0.25) is 0 Å². The van der Waals surface area contributed by atoms with E-state index in [0.29, 0.717) is 0 Å². The number of rotatable bonds is 0. The highest BCUT2D eigenvalue weighted by atomic mass is 16.2. The second-order valence-electron chi connectivity index (χ2n) is 3.57. The minimum Gasteiger partial charge on any atom is -0.341 e. The van der Waals surface area contributed by atoms with Crippen LogP contribution < -0.4 is 0 Å². The Balaban J connectivity index is 2.18. The summed E-state index contributed by atoms with van der Waals surface area (Å²) in [4.78, 5) is 13.0. The van der Waals surface area contributed by atoms with Crippen molar-refractivity contribution in [1.29, 1.82) is 0 Å². The lowest BCUT2D eigenvalue weighted by atomic mass is 10.4. The Morgan fingerprint density at radius 1 is 1.29 bits per heavy atom. The molecule has 0 saturated heterocycles. The molecule has 76 valence electrons. The van der Waals surface area contributed by atoms with Gasteiger partial charge in [-0.05, 0) is 6.92 Å². The lowest BCUT2D eigenvalue weighted by molar-refractivity contribution is -0.128. The average Bonchev–Trinajstić information content (AvgIpc) is 2.38. The van der Waals surface area contributed by atoms with Gasteiger partial charge in [0.05, 0.1) is 0 Å². The molecule has 2 rings (SSSR count). The molecule has 1 aromatic rings. The van der Waals surface area contributed by atoms with Crippen molar-refractivity contribution in [2.24, 2.45) is 0 Å². The summed E-state index contributed by atoms with van der Waals surface area (Å²) in [6.45, 7) is 5.89. The average molecular weight is 194 g/mol. The summed E-state index contributed by atoms with van der Waals surface area (Å²) in [5, 5.41) is 8.10. The van der Waals surface area contributed by atoms with Crippen LogP contribution in [0.15, 0.2) is 0 Å². The molecular formula is C9H14N4O. The predicted octanol–water partition coefficient (Wildman–Crippen LogP) is -0.00888. The van der Waals surface area contributed by atoms with Gasteiger partial charge >= 0.3 is 0 Å². The molecule has 0 fully saturated rings. The Morgan fingerprint density at radius 3 is 2.79 bits per heavy atom. The fourth-order valence-electron chi connectivity index (χ4n) is 1.78. The molecule has 1 aromatic heterocycles. The zero-order chi connectivity index (χ0) is 10.1. The molecule has 14 heavy (non-hydrogen) atoms. The van der Waals surface area contributed by atoms with Crippen molar-refractivity contribution in [3.8, 4) is 0 Å². The molecule has 1 aliphatic heterocycles. The molecule has 0 atom stereocenters. The molecule has 1 amide bonds. The number of amides is 1. The number of aryl methyl sites for hydroxylation is 1. The van der Waals surface area contributed by atoms with Crippen LogP contribution in [-0.2, 0) is 17.8 Å². The standard InChI is InChI=1S/C9H14N4O/c1-7-10-11-9-3-4-12(8(2)14)5-6-13(7)9/h3-6H2,1-2H3. The van der Waals surface area contributed by atoms with Gasteiger partial charge in [-0.25, -0.2) is 0 Å². The van der Waals surface area contributed by atoms with Gasteiger partial charge in [0.2, 0.25) is 5.91 Å². The van der Waals surface area contributed by atoms with Crippen LogP contribution in [0.4, 0.5) is 0 Å². The molecule has 0 aliphatic carbocycles. The van der Waals surface area contributed by atoms with Gasteiger partial charge < -0.3 is 9.47 Å². The lowest BCUT2D eigenvalue weighted by Gasteiger charge is -2.17. The van der Waals surface area contributed by atoms with Gasteiger partial charge in [0.1, 0.15) is 11.6 Å². The summed E-state index contributed by atoms with van der Waals surface area (Å²) in [6.07, 6.45) is 0.806. The van der Waals surface area contributed by atoms with E-state index >= 15 is 0 Å². The second kappa shape index (κ2) is 3.40. The third kappa shape index (κ3) is 1.49. The van der Waals surface area contributed by atoms with Gasteiger partial charge in [0, 0.05) is 33.0 Å². The molecule has 2 heterocycles. The summed E-state index contributed by atoms with van der Waals surface area (Å²) in [5.74, 6) is 2.07. The minimum atomic E-state index is 0.140. The monoisotopic (exact) mass is 194 g/mol. The Hall–Kier alpha value is -1.39. The van der Waals surface area contributed by atoms with Crippen molar-refractivity contribution in [2.75, 3.05) is 13.1 Å². The molecule has 5 nitrogen and oxygen atoms in total. The fourth-order valence-corrected chi connectivity index (χ4v) is 1.78. The van der Waals surface area contributed by atoms with Crippen LogP contribution in [0.1, 0.15) is 18.6 Å². The molecule has 0 spiro atoms. The largest absolute Gasteiger partial charge is 0.341 e.